The first-order valence-electron chi connectivity index (χ1n) is 9.07. The zero-order valence-electron chi connectivity index (χ0n) is 17.1. The average molecular weight is 455 g/mol. The summed E-state index contributed by atoms with van der Waals surface area (Å²) >= 11 is 1.19. The molecule has 3 heterocycles. The number of carbonyl (C=O) groups is 3. The van der Waals surface area contributed by atoms with E-state index in [2.05, 4.69) is 15.0 Å². The largest absolute Gasteiger partial charge is 0.456 e. The van der Waals surface area contributed by atoms with E-state index >= 15 is 0 Å². The summed E-state index contributed by atoms with van der Waals surface area (Å²) in [6.07, 6.45) is -2.99. The monoisotopic (exact) mass is 455 g/mol. The van der Waals surface area contributed by atoms with E-state index in [-0.39, 0.29) is 23.7 Å². The number of hydrogen-bond donors (Lipinski definition) is 2. The Kier molecular flexibility index (Phi) is 6.50. The van der Waals surface area contributed by atoms with Crippen molar-refractivity contribution in [2.75, 3.05) is 18.6 Å². The van der Waals surface area contributed by atoms with Gasteiger partial charge in [0.25, 0.3) is 5.56 Å². The van der Waals surface area contributed by atoms with Gasteiger partial charge in [0, 0.05) is 20.8 Å². The van der Waals surface area contributed by atoms with Crippen LogP contribution in [-0.4, -0.2) is 68.6 Å². The number of imidazole rings is 1. The molecule has 14 heteroatoms. The average Bonchev–Trinajstić information content (AvgIpc) is 3.00. The van der Waals surface area contributed by atoms with Gasteiger partial charge in [-0.3, -0.25) is 28.7 Å². The Hall–Kier alpha value is -3.13. The molecule has 0 spiro atoms. The van der Waals surface area contributed by atoms with Crippen LogP contribution in [0.2, 0.25) is 0 Å². The van der Waals surface area contributed by atoms with E-state index in [9.17, 15) is 19.2 Å². The van der Waals surface area contributed by atoms with Gasteiger partial charge in [-0.2, -0.15) is 0 Å². The molecule has 0 saturated carbocycles. The van der Waals surface area contributed by atoms with E-state index in [4.69, 9.17) is 24.7 Å². The fraction of sp³-hybridized carbons (Fsp3) is 0.529. The van der Waals surface area contributed by atoms with E-state index in [1.165, 1.54) is 23.3 Å². The lowest BCUT2D eigenvalue weighted by molar-refractivity contribution is -0.238. The molecule has 1 fully saturated rings. The Morgan fingerprint density at radius 3 is 2.29 bits per heavy atom. The Morgan fingerprint density at radius 2 is 1.71 bits per heavy atom. The van der Waals surface area contributed by atoms with Crippen LogP contribution < -0.4 is 11.3 Å². The zero-order chi connectivity index (χ0) is 22.9. The summed E-state index contributed by atoms with van der Waals surface area (Å²) in [5.74, 6) is -2.18. The molecule has 3 rings (SSSR count). The first-order valence-corrected chi connectivity index (χ1v) is 10.3. The Morgan fingerprint density at radius 1 is 1.10 bits per heavy atom. The Labute approximate surface area is 179 Å². The molecule has 1 aliphatic rings. The maximum atomic E-state index is 12.4. The van der Waals surface area contributed by atoms with Gasteiger partial charge in [-0.15, -0.1) is 0 Å². The van der Waals surface area contributed by atoms with E-state index in [0.717, 1.165) is 13.8 Å². The third kappa shape index (κ3) is 4.64. The van der Waals surface area contributed by atoms with Gasteiger partial charge in [0.1, 0.15) is 0 Å². The smallest absolute Gasteiger partial charge is 0.303 e. The summed E-state index contributed by atoms with van der Waals surface area (Å²) in [4.78, 5) is 58.4. The predicted molar refractivity (Wildman–Crippen MR) is 106 cm³/mol. The molecule has 13 nitrogen and oxygen atoms in total. The number of nitrogens with two attached hydrogens (primary N) is 1. The number of thioether (sulfide) groups is 1. The molecule has 0 unspecified atom stereocenters. The highest BCUT2D eigenvalue weighted by Crippen LogP contribution is 2.34. The normalized spacial score (nSPS) is 23.4. The third-order valence-corrected chi connectivity index (χ3v) is 4.91. The second-order valence-electron chi connectivity index (χ2n) is 6.61. The number of rotatable bonds is 5. The van der Waals surface area contributed by atoms with Gasteiger partial charge in [-0.05, 0) is 6.26 Å². The fourth-order valence-electron chi connectivity index (χ4n) is 3.27. The molecule has 4 atom stereocenters. The van der Waals surface area contributed by atoms with Crippen molar-refractivity contribution in [3.63, 3.8) is 0 Å². The van der Waals surface area contributed by atoms with Crippen LogP contribution in [0.3, 0.4) is 0 Å². The highest BCUT2D eigenvalue weighted by molar-refractivity contribution is 7.98. The van der Waals surface area contributed by atoms with Crippen LogP contribution in [0.25, 0.3) is 11.2 Å². The van der Waals surface area contributed by atoms with Crippen LogP contribution in [0.4, 0.5) is 5.95 Å². The van der Waals surface area contributed by atoms with E-state index in [1.807, 2.05) is 0 Å². The highest BCUT2D eigenvalue weighted by Gasteiger charge is 2.48. The molecule has 0 aromatic carbocycles. The first kappa shape index (κ1) is 22.6. The molecular formula is C17H21N5O8S. The van der Waals surface area contributed by atoms with Crippen LogP contribution in [0, 0.1) is 0 Å². The van der Waals surface area contributed by atoms with Crippen LogP contribution in [-0.2, 0) is 33.3 Å². The predicted octanol–water partition coefficient (Wildman–Crippen LogP) is -0.252. The van der Waals surface area contributed by atoms with Crippen LogP contribution in [0.1, 0.15) is 27.0 Å². The van der Waals surface area contributed by atoms with Crippen molar-refractivity contribution >= 4 is 46.8 Å². The molecule has 2 aromatic heterocycles. The summed E-state index contributed by atoms with van der Waals surface area (Å²) < 4.78 is 23.0. The van der Waals surface area contributed by atoms with Crippen molar-refractivity contribution in [2.45, 2.75) is 50.5 Å². The maximum absolute atomic E-state index is 12.4. The van der Waals surface area contributed by atoms with Gasteiger partial charge in [0.15, 0.2) is 40.9 Å². The van der Waals surface area contributed by atoms with Crippen molar-refractivity contribution in [3.05, 3.63) is 10.4 Å². The van der Waals surface area contributed by atoms with E-state index < -0.39 is 48.0 Å². The van der Waals surface area contributed by atoms with Crippen molar-refractivity contribution in [1.82, 2.24) is 19.5 Å². The maximum Gasteiger partial charge on any atom is 0.303 e. The second-order valence-corrected chi connectivity index (χ2v) is 7.40. The van der Waals surface area contributed by atoms with Crippen LogP contribution >= 0.6 is 11.8 Å². The fourth-order valence-corrected chi connectivity index (χ4v) is 3.64. The molecule has 31 heavy (non-hydrogen) atoms. The molecule has 0 aliphatic carbocycles. The number of carbonyl (C=O) groups excluding carboxylic acids is 3. The van der Waals surface area contributed by atoms with Gasteiger partial charge in [0.2, 0.25) is 5.95 Å². The summed E-state index contributed by atoms with van der Waals surface area (Å²) in [6, 6.07) is 0. The Balaban J connectivity index is 2.15. The van der Waals surface area contributed by atoms with Gasteiger partial charge in [-0.1, -0.05) is 11.8 Å². The van der Waals surface area contributed by atoms with Gasteiger partial charge in [0.05, 0.1) is 6.61 Å². The highest BCUT2D eigenvalue weighted by atomic mass is 32.2. The van der Waals surface area contributed by atoms with Crippen LogP contribution in [0.5, 0.6) is 0 Å². The van der Waals surface area contributed by atoms with E-state index in [0.29, 0.717) is 5.16 Å². The number of nitrogens with one attached hydrogen (secondary N) is 1. The molecular weight excluding hydrogens is 434 g/mol. The van der Waals surface area contributed by atoms with Crippen molar-refractivity contribution in [3.8, 4) is 0 Å². The summed E-state index contributed by atoms with van der Waals surface area (Å²) in [5, 5.41) is 0.299. The standard InChI is InChI=1S/C17H21N5O8S/c1-6(23)28-9-5-27-15(12(30-8(3)25)11(9)29-7(2)24)22-13-10(19-16(22)18)14(26)21-17(20-13)31-4/h9,11-12,15H,5H2,1-4H3,(H2,18,19)(H,20,21,26)/t9-,11+,12-,15-/m1/s1. The number of nitrogens with zero attached hydrogens (tertiary/aromatic N) is 3. The number of anilines is 1. The summed E-state index contributed by atoms with van der Waals surface area (Å²) in [5.41, 5.74) is 5.55. The molecule has 168 valence electrons. The number of aromatic nitrogens is 4. The van der Waals surface area contributed by atoms with Gasteiger partial charge < -0.3 is 24.7 Å². The topological polar surface area (TPSA) is 178 Å². The number of H-pyrrole nitrogens is 1. The molecule has 0 amide bonds. The Bertz CT molecular complexity index is 1080. The summed E-state index contributed by atoms with van der Waals surface area (Å²) in [7, 11) is 0. The quantitative estimate of drug-likeness (QED) is 0.262. The SMILES string of the molecule is CSc1nc2c(nc(N)n2[C@@H]2OC[C@@H](OC(C)=O)[C@H](OC(C)=O)[C@H]2OC(C)=O)c(=O)[nH]1. The van der Waals surface area contributed by atoms with Crippen molar-refractivity contribution in [2.24, 2.45) is 0 Å². The van der Waals surface area contributed by atoms with Gasteiger partial charge >= 0.3 is 17.9 Å². The minimum atomic E-state index is -1.28. The van der Waals surface area contributed by atoms with Crippen LogP contribution in [0.15, 0.2) is 9.95 Å². The molecule has 3 N–H and O–H groups in total. The van der Waals surface area contributed by atoms with E-state index in [1.54, 1.807) is 6.26 Å². The molecule has 1 saturated heterocycles. The number of hydrogen-bond acceptors (Lipinski definition) is 12. The minimum absolute atomic E-state index is 0.0494. The summed E-state index contributed by atoms with van der Waals surface area (Å²) in [6.45, 7) is 3.28. The number of nitrogen functional groups attached to an aromatic ring is 1. The number of aromatic amines is 1. The lowest BCUT2D eigenvalue weighted by Gasteiger charge is -2.40. The molecule has 2 aromatic rings. The molecule has 0 radical (unpaired) electrons. The third-order valence-electron chi connectivity index (χ3n) is 4.33. The van der Waals surface area contributed by atoms with Gasteiger partial charge in [-0.25, -0.2) is 9.97 Å². The minimum Gasteiger partial charge on any atom is -0.456 e. The lowest BCUT2D eigenvalue weighted by atomic mass is 10.0. The lowest BCUT2D eigenvalue weighted by Crippen LogP contribution is -2.55. The number of ether oxygens (including phenoxy) is 4. The van der Waals surface area contributed by atoms with Crippen molar-refractivity contribution in [1.29, 1.82) is 0 Å². The number of fused-ring (bicyclic) bond motifs is 1. The molecule has 0 bridgehead atoms. The number of esters is 3. The molecule has 1 aliphatic heterocycles. The van der Waals surface area contributed by atoms with Crippen molar-refractivity contribution < 1.29 is 33.3 Å². The first-order chi connectivity index (χ1) is 14.6. The zero-order valence-corrected chi connectivity index (χ0v) is 17.9. The second kappa shape index (κ2) is 8.93.